The Bertz CT molecular complexity index is 4320. The predicted octanol–water partition coefficient (Wildman–Crippen LogP) is 3.36. The van der Waals surface area contributed by atoms with E-state index in [2.05, 4.69) is 102 Å². The Kier molecular flexibility index (Phi) is 40.1. The molecule has 1 aromatic heterocycles. The standard InChI is InChI=1S/C72H101N10O29P3S2/c1-6-13-46-36-48-37-49-38-55(74-7-2)45(4)35-53(49)66(52(48)34-44(46)3)50-15-8-9-16-51(50)70(93)81(5)23-11-18-60(84)76-22-25-105-27-29-107-31-30-106-28-26-104-24-19-62(86)77-54(68(91)78-56(39-64(87)88)69(92)79-57(71(94)95)40-65(89)90)17-12-32-115-116-33-20-61(85)75-21-10-14-47-42-82(72(96)80-67(47)73)63-41-58(83)59(109-63)43-108-113(100,101)111-114(102,103)110-112(97,98)99/h8-9,15-16,34-36,38,42,53-54,56-59,63,66,83H,6-7,11-13,17-33,37,39-41,43H2,1-5H3,(H,75,85)(H,76,84)(H,77,86)(H,78,91)(H,79,92)(H,87,88)(H,89,90)(H,94,95)(H,100,101)(H,102,103)(H2,73,80,96)(H2,97,98,99)/b74-55+/t53?,54?,56?,57?,58?,59-,63-,66?/m1/s1. The number of fused-ring (bicyclic) bond motifs is 2. The van der Waals surface area contributed by atoms with Gasteiger partial charge in [0.2, 0.25) is 29.5 Å². The van der Waals surface area contributed by atoms with Crippen LogP contribution in [0.15, 0.2) is 75.7 Å². The first-order valence-electron chi connectivity index (χ1n) is 37.0. The number of ether oxygens (including phenoxy) is 5. The summed E-state index contributed by atoms with van der Waals surface area (Å²) in [6.45, 7) is 9.83. The van der Waals surface area contributed by atoms with Gasteiger partial charge in [-0.2, -0.15) is 13.6 Å². The molecule has 2 aliphatic carbocycles. The van der Waals surface area contributed by atoms with E-state index in [9.17, 15) is 86.7 Å². The van der Waals surface area contributed by atoms with Gasteiger partial charge in [0.15, 0.2) is 0 Å². The minimum atomic E-state index is -5.84. The number of aliphatic imine (C=N–C) groups is 1. The zero-order chi connectivity index (χ0) is 85.3. The second-order valence-electron chi connectivity index (χ2n) is 26.7. The number of carbonyl (C=O) groups excluding carboxylic acids is 6. The van der Waals surface area contributed by atoms with Crippen molar-refractivity contribution in [1.29, 1.82) is 0 Å². The van der Waals surface area contributed by atoms with Crippen LogP contribution in [0.5, 0.6) is 0 Å². The summed E-state index contributed by atoms with van der Waals surface area (Å²) in [6.07, 6.45) is 2.36. The Hall–Kier alpha value is -8.07. The average molecular weight is 1730 g/mol. The molecule has 640 valence electrons. The van der Waals surface area contributed by atoms with E-state index in [1.54, 1.807) is 11.9 Å². The van der Waals surface area contributed by atoms with Crippen LogP contribution >= 0.6 is 45.1 Å². The van der Waals surface area contributed by atoms with Crippen molar-refractivity contribution in [2.45, 2.75) is 147 Å². The molecule has 39 nitrogen and oxygen atoms in total. The Balaban J connectivity index is 0.857. The molecule has 10 atom stereocenters. The minimum Gasteiger partial charge on any atom is -0.481 e. The van der Waals surface area contributed by atoms with Crippen molar-refractivity contribution in [1.82, 2.24) is 41.0 Å². The van der Waals surface area contributed by atoms with E-state index in [0.29, 0.717) is 30.8 Å². The molecule has 0 spiro atoms. The lowest BCUT2D eigenvalue weighted by Crippen LogP contribution is -2.56. The van der Waals surface area contributed by atoms with Gasteiger partial charge in [-0.15, -0.1) is 0 Å². The van der Waals surface area contributed by atoms with Crippen molar-refractivity contribution < 1.29 is 134 Å². The first-order chi connectivity index (χ1) is 55.0. The lowest BCUT2D eigenvalue weighted by Gasteiger charge is -2.38. The summed E-state index contributed by atoms with van der Waals surface area (Å²) in [5.41, 5.74) is 15.1. The number of hydrogen-bond donors (Lipinski definition) is 14. The van der Waals surface area contributed by atoms with Crippen LogP contribution < -0.4 is 38.0 Å². The van der Waals surface area contributed by atoms with E-state index in [1.165, 1.54) is 49.4 Å². The number of aryl methyl sites for hydroxylation is 2. The van der Waals surface area contributed by atoms with E-state index in [1.807, 2.05) is 30.4 Å². The van der Waals surface area contributed by atoms with Crippen LogP contribution in [-0.2, 0) is 102 Å². The number of nitrogen functional groups attached to an aromatic ring is 1. The lowest BCUT2D eigenvalue weighted by atomic mass is 9.65. The Morgan fingerprint density at radius 1 is 0.767 bits per heavy atom. The summed E-state index contributed by atoms with van der Waals surface area (Å²) in [5, 5.41) is 50.8. The zero-order valence-corrected chi connectivity index (χ0v) is 68.9. The number of allylic oxidation sites excluding steroid dienone is 4. The molecule has 2 heterocycles. The van der Waals surface area contributed by atoms with Gasteiger partial charge in [-0.1, -0.05) is 88.8 Å². The van der Waals surface area contributed by atoms with Gasteiger partial charge in [0.1, 0.15) is 36.3 Å². The SMILES string of the molecule is CCCc1cc2c(cc1C)C(c1ccccc1C(=O)N(C)CCCC(=O)NCCOCCOCCOCCOCCC(=O)NC(CCCSSCCC(=O)NCC#Cc1cn([C@H]3CC(O)[C@@H](COP(=O)(O)OP(=O)(O)OP(=O)(O)O)O3)c(=O)nc1N)C(=O)NC(CC(=O)O)C(=O)NC(CC(=O)O)C(=O)O)C1C=C(C)/C(=N/CC)C=C1C2. The fourth-order valence-corrected chi connectivity index (χ4v) is 17.5. The highest BCUT2D eigenvalue weighted by molar-refractivity contribution is 8.76. The van der Waals surface area contributed by atoms with Crippen molar-refractivity contribution in [3.8, 4) is 11.8 Å². The monoisotopic (exact) mass is 1730 g/mol. The molecule has 6 rings (SSSR count). The van der Waals surface area contributed by atoms with Gasteiger partial charge in [-0.3, -0.25) is 52.4 Å². The number of nitrogens with one attached hydrogen (secondary N) is 5. The molecule has 0 radical (unpaired) electrons. The van der Waals surface area contributed by atoms with Crippen LogP contribution in [0.1, 0.15) is 141 Å². The van der Waals surface area contributed by atoms with Crippen molar-refractivity contribution in [3.63, 3.8) is 0 Å². The molecule has 116 heavy (non-hydrogen) atoms. The Labute approximate surface area is 676 Å². The van der Waals surface area contributed by atoms with E-state index in [-0.39, 0.29) is 145 Å². The van der Waals surface area contributed by atoms with Gasteiger partial charge in [0, 0.05) is 87.5 Å². The maximum atomic E-state index is 14.3. The first kappa shape index (κ1) is 96.8. The average Bonchev–Trinajstić information content (AvgIpc) is 0.834. The molecule has 15 N–H and O–H groups in total. The number of phosphoric ester groups is 1. The van der Waals surface area contributed by atoms with Crippen LogP contribution in [0.25, 0.3) is 0 Å². The molecular weight excluding hydrogens is 1630 g/mol. The van der Waals surface area contributed by atoms with Crippen LogP contribution in [0.4, 0.5) is 5.82 Å². The number of aliphatic hydroxyl groups excluding tert-OH is 1. The van der Waals surface area contributed by atoms with E-state index < -0.39 is 127 Å². The third-order valence-electron chi connectivity index (χ3n) is 17.8. The third kappa shape index (κ3) is 33.0. The smallest absolute Gasteiger partial charge is 0.481 e. The molecule has 6 amide bonds. The van der Waals surface area contributed by atoms with Gasteiger partial charge in [0.05, 0.1) is 96.2 Å². The van der Waals surface area contributed by atoms with Gasteiger partial charge in [-0.05, 0) is 98.4 Å². The fraction of sp³-hybridized carbons (Fsp3) is 0.556. The molecule has 2 aromatic carbocycles. The summed E-state index contributed by atoms with van der Waals surface area (Å²) in [5.74, 6) is -3.12. The van der Waals surface area contributed by atoms with Crippen molar-refractivity contribution >= 4 is 110 Å². The Morgan fingerprint density at radius 2 is 1.41 bits per heavy atom. The highest BCUT2D eigenvalue weighted by Crippen LogP contribution is 2.66. The molecule has 0 saturated carbocycles. The van der Waals surface area contributed by atoms with Crippen molar-refractivity contribution in [2.24, 2.45) is 10.9 Å². The number of aliphatic carboxylic acids is 3. The molecule has 3 aliphatic rings. The topological polar surface area (TPSA) is 577 Å². The van der Waals surface area contributed by atoms with Gasteiger partial charge < -0.3 is 101 Å². The number of hydrogen-bond acceptors (Lipinski definition) is 27. The number of nitrogens with two attached hydrogens (primary N) is 1. The Morgan fingerprint density at radius 3 is 2.07 bits per heavy atom. The summed E-state index contributed by atoms with van der Waals surface area (Å²) in [6, 6.07) is 7.30. The number of carboxylic acid groups (broad SMARTS) is 3. The van der Waals surface area contributed by atoms with Gasteiger partial charge in [-0.25, -0.2) is 23.3 Å². The predicted molar refractivity (Wildman–Crippen MR) is 421 cm³/mol. The van der Waals surface area contributed by atoms with E-state index in [4.69, 9.17) is 49.3 Å². The highest BCUT2D eigenvalue weighted by Gasteiger charge is 2.44. The van der Waals surface area contributed by atoms with Crippen molar-refractivity contribution in [2.75, 3.05) is 110 Å². The quantitative estimate of drug-likeness (QED) is 0.0167. The number of rotatable bonds is 51. The highest BCUT2D eigenvalue weighted by atomic mass is 33.1. The van der Waals surface area contributed by atoms with Gasteiger partial charge >= 0.3 is 47.1 Å². The number of aliphatic hydroxyl groups is 1. The molecule has 8 unspecified atom stereocenters. The lowest BCUT2D eigenvalue weighted by molar-refractivity contribution is -0.148. The number of benzene rings is 2. The summed E-state index contributed by atoms with van der Waals surface area (Å²) >= 11 is 0. The molecule has 44 heteroatoms. The largest absolute Gasteiger partial charge is 0.490 e. The second-order valence-corrected chi connectivity index (χ2v) is 33.9. The summed E-state index contributed by atoms with van der Waals surface area (Å²) < 4.78 is 75.2. The molecule has 3 aromatic rings. The molecule has 1 saturated heterocycles. The maximum absolute atomic E-state index is 14.3. The van der Waals surface area contributed by atoms with Gasteiger partial charge in [0.25, 0.3) is 5.91 Å². The zero-order valence-electron chi connectivity index (χ0n) is 64.6. The van der Waals surface area contributed by atoms with E-state index >= 15 is 0 Å². The molecule has 0 bridgehead atoms. The fourth-order valence-electron chi connectivity index (χ4n) is 12.4. The second kappa shape index (κ2) is 48.1. The number of anilines is 1. The number of nitrogens with zero attached hydrogens (tertiary/aromatic N) is 4. The number of phosphoric acid groups is 3. The number of carboxylic acids is 3. The van der Waals surface area contributed by atoms with Crippen LogP contribution in [0.2, 0.25) is 0 Å². The van der Waals surface area contributed by atoms with Crippen LogP contribution in [0, 0.1) is 24.7 Å². The number of aromatic nitrogens is 2. The summed E-state index contributed by atoms with van der Waals surface area (Å²) in [7, 11) is -12.8. The van der Waals surface area contributed by atoms with Crippen molar-refractivity contribution in [3.05, 3.63) is 115 Å². The normalized spacial score (nSPS) is 18.5. The maximum Gasteiger partial charge on any atom is 0.490 e. The molecular formula is C72H101N10O29P3S2. The first-order valence-corrected chi connectivity index (χ1v) is 44.0. The third-order valence-corrected chi connectivity index (χ3v) is 24.1. The number of amides is 6. The van der Waals surface area contributed by atoms with Crippen LogP contribution in [0.3, 0.4) is 0 Å². The summed E-state index contributed by atoms with van der Waals surface area (Å²) in [4.78, 5) is 174. The van der Waals surface area contributed by atoms with Crippen LogP contribution in [-0.4, -0.2) is 248 Å². The molecule has 1 fully saturated rings. The number of carbonyl (C=O) groups is 9. The molecule has 1 aliphatic heterocycles. The van der Waals surface area contributed by atoms with E-state index in [0.717, 1.165) is 46.9 Å². The minimum absolute atomic E-state index is 0.00828.